The first kappa shape index (κ1) is 19.9. The lowest BCUT2D eigenvalue weighted by Crippen LogP contribution is -2.43. The zero-order chi connectivity index (χ0) is 16.8. The number of aryl methyl sites for hydroxylation is 1. The van der Waals surface area contributed by atoms with Crippen molar-refractivity contribution in [3.8, 4) is 0 Å². The number of halogens is 1. The Hall–Kier alpha value is -1.41. The molecule has 2 heterocycles. The molecule has 2 aromatic rings. The Kier molecular flexibility index (Phi) is 7.90. The average Bonchev–Trinajstić information content (AvgIpc) is 3.12. The molecular formula is C19H25IN4S. The molecule has 0 atom stereocenters. The Labute approximate surface area is 171 Å². The number of aromatic nitrogens is 1. The number of hydrogen-bond donors (Lipinski definition) is 1. The molecule has 1 aromatic heterocycles. The van der Waals surface area contributed by atoms with Gasteiger partial charge in [0, 0.05) is 31.2 Å². The maximum atomic E-state index is 4.46. The van der Waals surface area contributed by atoms with Gasteiger partial charge in [-0.3, -0.25) is 4.99 Å². The van der Waals surface area contributed by atoms with Gasteiger partial charge in [0.15, 0.2) is 5.96 Å². The summed E-state index contributed by atoms with van der Waals surface area (Å²) < 4.78 is 0. The minimum atomic E-state index is 0. The second-order valence-electron chi connectivity index (χ2n) is 5.77. The molecule has 1 aliphatic rings. The van der Waals surface area contributed by atoms with E-state index in [-0.39, 0.29) is 24.0 Å². The van der Waals surface area contributed by atoms with Crippen LogP contribution < -0.4 is 5.32 Å². The van der Waals surface area contributed by atoms with E-state index in [9.17, 15) is 0 Å². The number of guanidine groups is 1. The van der Waals surface area contributed by atoms with Crippen molar-refractivity contribution in [2.45, 2.75) is 26.3 Å². The normalized spacial score (nSPS) is 14.7. The van der Waals surface area contributed by atoms with Gasteiger partial charge in [-0.25, -0.2) is 4.98 Å². The molecule has 0 bridgehead atoms. The molecule has 0 amide bonds. The van der Waals surface area contributed by atoms with Gasteiger partial charge < -0.3 is 10.2 Å². The molecule has 0 unspecified atom stereocenters. The van der Waals surface area contributed by atoms with Gasteiger partial charge in [0.2, 0.25) is 0 Å². The van der Waals surface area contributed by atoms with Gasteiger partial charge in [0.25, 0.3) is 0 Å². The van der Waals surface area contributed by atoms with Crippen LogP contribution in [0.1, 0.15) is 28.8 Å². The van der Waals surface area contributed by atoms with E-state index >= 15 is 0 Å². The van der Waals surface area contributed by atoms with Crippen molar-refractivity contribution in [2.75, 3.05) is 20.1 Å². The zero-order valence-corrected chi connectivity index (χ0v) is 17.9. The number of nitrogens with zero attached hydrogens (tertiary/aromatic N) is 3. The standard InChI is InChI=1S/C19H24N4S.HI/c1-3-17-13-21-18(24-17)14-22-19(20-2)23-11-9-16(10-12-23)15-7-5-4-6-8-15;/h4-9,13H,3,10-12,14H2,1-2H3,(H,20,22);1H. The topological polar surface area (TPSA) is 40.5 Å². The van der Waals surface area contributed by atoms with Gasteiger partial charge in [0.1, 0.15) is 5.01 Å². The van der Waals surface area contributed by atoms with Crippen LogP contribution in [0, 0.1) is 0 Å². The van der Waals surface area contributed by atoms with E-state index in [4.69, 9.17) is 0 Å². The van der Waals surface area contributed by atoms with Crippen LogP contribution in [-0.2, 0) is 13.0 Å². The Morgan fingerprint density at radius 2 is 2.12 bits per heavy atom. The van der Waals surface area contributed by atoms with Gasteiger partial charge in [0.05, 0.1) is 6.54 Å². The van der Waals surface area contributed by atoms with E-state index in [1.807, 2.05) is 13.2 Å². The second kappa shape index (κ2) is 9.91. The Morgan fingerprint density at radius 3 is 2.72 bits per heavy atom. The molecule has 1 aliphatic heterocycles. The van der Waals surface area contributed by atoms with Gasteiger partial charge in [-0.15, -0.1) is 35.3 Å². The highest BCUT2D eigenvalue weighted by Gasteiger charge is 2.16. The molecule has 0 saturated carbocycles. The molecule has 0 saturated heterocycles. The van der Waals surface area contributed by atoms with E-state index in [2.05, 4.69) is 63.5 Å². The van der Waals surface area contributed by atoms with Crippen LogP contribution in [0.25, 0.3) is 5.57 Å². The van der Waals surface area contributed by atoms with Crippen LogP contribution >= 0.6 is 35.3 Å². The first-order valence-corrected chi connectivity index (χ1v) is 9.25. The number of hydrogen-bond acceptors (Lipinski definition) is 3. The third-order valence-corrected chi connectivity index (χ3v) is 5.35. The maximum Gasteiger partial charge on any atom is 0.194 e. The molecule has 0 spiro atoms. The van der Waals surface area contributed by atoms with Crippen molar-refractivity contribution in [1.29, 1.82) is 0 Å². The highest BCUT2D eigenvalue weighted by molar-refractivity contribution is 14.0. The molecule has 0 aliphatic carbocycles. The lowest BCUT2D eigenvalue weighted by Gasteiger charge is -2.29. The summed E-state index contributed by atoms with van der Waals surface area (Å²) in [6, 6.07) is 10.6. The van der Waals surface area contributed by atoms with Crippen molar-refractivity contribution >= 4 is 46.8 Å². The van der Waals surface area contributed by atoms with E-state index in [1.54, 1.807) is 11.3 Å². The molecule has 3 rings (SSSR count). The predicted octanol–water partition coefficient (Wildman–Crippen LogP) is 4.19. The Bertz CT molecular complexity index is 724. The van der Waals surface area contributed by atoms with Gasteiger partial charge in [-0.2, -0.15) is 0 Å². The van der Waals surface area contributed by atoms with E-state index in [1.165, 1.54) is 16.0 Å². The summed E-state index contributed by atoms with van der Waals surface area (Å²) in [5.74, 6) is 0.951. The summed E-state index contributed by atoms with van der Waals surface area (Å²) in [5.41, 5.74) is 2.75. The van der Waals surface area contributed by atoms with Crippen molar-refractivity contribution in [3.63, 3.8) is 0 Å². The van der Waals surface area contributed by atoms with Crippen LogP contribution in [0.2, 0.25) is 0 Å². The molecule has 0 radical (unpaired) electrons. The molecule has 1 N–H and O–H groups in total. The Balaban J connectivity index is 0.00000225. The largest absolute Gasteiger partial charge is 0.350 e. The highest BCUT2D eigenvalue weighted by Crippen LogP contribution is 2.22. The predicted molar refractivity (Wildman–Crippen MR) is 118 cm³/mol. The first-order chi connectivity index (χ1) is 11.8. The highest BCUT2D eigenvalue weighted by atomic mass is 127. The monoisotopic (exact) mass is 468 g/mol. The van der Waals surface area contributed by atoms with Crippen LogP contribution in [0.5, 0.6) is 0 Å². The van der Waals surface area contributed by atoms with Crippen molar-refractivity contribution < 1.29 is 0 Å². The zero-order valence-electron chi connectivity index (χ0n) is 14.7. The van der Waals surface area contributed by atoms with Crippen LogP contribution in [0.4, 0.5) is 0 Å². The fourth-order valence-electron chi connectivity index (χ4n) is 2.86. The quantitative estimate of drug-likeness (QED) is 0.416. The number of benzene rings is 1. The summed E-state index contributed by atoms with van der Waals surface area (Å²) in [7, 11) is 1.85. The third kappa shape index (κ3) is 5.28. The summed E-state index contributed by atoms with van der Waals surface area (Å²) in [6.45, 7) is 4.78. The third-order valence-electron chi connectivity index (χ3n) is 4.21. The van der Waals surface area contributed by atoms with Gasteiger partial charge in [-0.1, -0.05) is 43.3 Å². The van der Waals surface area contributed by atoms with Crippen LogP contribution in [0.3, 0.4) is 0 Å². The summed E-state index contributed by atoms with van der Waals surface area (Å²) in [6.07, 6.45) is 6.37. The summed E-state index contributed by atoms with van der Waals surface area (Å²) >= 11 is 1.77. The molecule has 6 heteroatoms. The van der Waals surface area contributed by atoms with E-state index < -0.39 is 0 Å². The van der Waals surface area contributed by atoms with Crippen molar-refractivity contribution in [2.24, 2.45) is 4.99 Å². The van der Waals surface area contributed by atoms with Crippen molar-refractivity contribution in [3.05, 3.63) is 58.1 Å². The van der Waals surface area contributed by atoms with Crippen molar-refractivity contribution in [1.82, 2.24) is 15.2 Å². The molecule has 1 aromatic carbocycles. The first-order valence-electron chi connectivity index (χ1n) is 8.43. The number of rotatable bonds is 4. The minimum Gasteiger partial charge on any atom is -0.350 e. The molecular weight excluding hydrogens is 443 g/mol. The van der Waals surface area contributed by atoms with E-state index in [0.29, 0.717) is 0 Å². The number of aliphatic imine (C=N–C) groups is 1. The lowest BCUT2D eigenvalue weighted by molar-refractivity contribution is 0.439. The lowest BCUT2D eigenvalue weighted by atomic mass is 10.00. The van der Waals surface area contributed by atoms with Crippen LogP contribution in [-0.4, -0.2) is 36.0 Å². The summed E-state index contributed by atoms with van der Waals surface area (Å²) in [5, 5.41) is 4.56. The molecule has 4 nitrogen and oxygen atoms in total. The van der Waals surface area contributed by atoms with Gasteiger partial charge >= 0.3 is 0 Å². The number of nitrogens with one attached hydrogen (secondary N) is 1. The van der Waals surface area contributed by atoms with Gasteiger partial charge in [-0.05, 0) is 24.0 Å². The summed E-state index contributed by atoms with van der Waals surface area (Å²) in [4.78, 5) is 12.5. The fourth-order valence-corrected chi connectivity index (χ4v) is 3.66. The molecule has 134 valence electrons. The van der Waals surface area contributed by atoms with E-state index in [0.717, 1.165) is 43.4 Å². The smallest absolute Gasteiger partial charge is 0.194 e. The second-order valence-corrected chi connectivity index (χ2v) is 6.97. The Morgan fingerprint density at radius 1 is 1.32 bits per heavy atom. The fraction of sp³-hybridized carbons (Fsp3) is 0.368. The van der Waals surface area contributed by atoms with Crippen LogP contribution in [0.15, 0.2) is 47.6 Å². The average molecular weight is 468 g/mol. The minimum absolute atomic E-state index is 0. The maximum absolute atomic E-state index is 4.46. The molecule has 25 heavy (non-hydrogen) atoms. The SMILES string of the molecule is CCc1cnc(CNC(=NC)N2CC=C(c3ccccc3)CC2)s1.I. The molecule has 0 fully saturated rings. The number of thiazole rings is 1.